The molecule has 1 saturated heterocycles. The third-order valence-corrected chi connectivity index (χ3v) is 4.29. The average molecular weight is 219 g/mol. The van der Waals surface area contributed by atoms with E-state index in [1.54, 1.807) is 0 Å². The van der Waals surface area contributed by atoms with E-state index in [1.807, 2.05) is 0 Å². The molecule has 0 bridgehead atoms. The summed E-state index contributed by atoms with van der Waals surface area (Å²) in [7, 11) is 2.21. The number of piperidine rings is 1. The summed E-state index contributed by atoms with van der Waals surface area (Å²) >= 11 is 0. The summed E-state index contributed by atoms with van der Waals surface area (Å²) < 4.78 is 2.37. The fraction of sp³-hybridized carbons (Fsp3) is 0.769. The molecule has 1 aromatic heterocycles. The summed E-state index contributed by atoms with van der Waals surface area (Å²) in [5.74, 6) is 2.80. The van der Waals surface area contributed by atoms with Crippen molar-refractivity contribution >= 4 is 0 Å². The van der Waals surface area contributed by atoms with E-state index in [2.05, 4.69) is 28.1 Å². The first-order valence-electron chi connectivity index (χ1n) is 6.58. The first kappa shape index (κ1) is 10.3. The molecule has 2 fully saturated rings. The lowest BCUT2D eigenvalue weighted by atomic mass is 9.83. The Labute approximate surface area is 97.3 Å². The molecule has 3 heteroatoms. The van der Waals surface area contributed by atoms with Crippen molar-refractivity contribution < 1.29 is 0 Å². The minimum absolute atomic E-state index is 0.681. The molecule has 3 nitrogen and oxygen atoms in total. The van der Waals surface area contributed by atoms with E-state index in [9.17, 15) is 0 Å². The van der Waals surface area contributed by atoms with Crippen LogP contribution in [0.15, 0.2) is 6.20 Å². The molecule has 3 rings (SSSR count). The van der Waals surface area contributed by atoms with Crippen LogP contribution in [-0.4, -0.2) is 22.6 Å². The van der Waals surface area contributed by atoms with Crippen molar-refractivity contribution in [1.82, 2.24) is 14.9 Å². The predicted octanol–water partition coefficient (Wildman–Crippen LogP) is 2.15. The summed E-state index contributed by atoms with van der Waals surface area (Å²) in [6, 6.07) is 0. The minimum atomic E-state index is 0.681. The number of rotatable bonds is 2. The molecule has 0 atom stereocenters. The van der Waals surface area contributed by atoms with E-state index >= 15 is 0 Å². The molecule has 88 valence electrons. The Morgan fingerprint density at radius 2 is 1.94 bits per heavy atom. The van der Waals surface area contributed by atoms with Gasteiger partial charge < -0.3 is 9.88 Å². The number of imidazole rings is 1. The minimum Gasteiger partial charge on any atom is -0.335 e. The monoisotopic (exact) mass is 219 g/mol. The third-order valence-electron chi connectivity index (χ3n) is 4.29. The molecular formula is C13H21N3. The second-order valence-electron chi connectivity index (χ2n) is 5.25. The molecule has 1 saturated carbocycles. The highest BCUT2D eigenvalue weighted by molar-refractivity contribution is 5.15. The van der Waals surface area contributed by atoms with Crippen LogP contribution in [0, 0.1) is 0 Å². The molecule has 1 N–H and O–H groups in total. The summed E-state index contributed by atoms with van der Waals surface area (Å²) in [4.78, 5) is 4.68. The second-order valence-corrected chi connectivity index (χ2v) is 5.25. The van der Waals surface area contributed by atoms with Gasteiger partial charge in [-0.25, -0.2) is 4.98 Å². The fourth-order valence-electron chi connectivity index (χ4n) is 2.98. The van der Waals surface area contributed by atoms with Crippen LogP contribution < -0.4 is 5.32 Å². The first-order chi connectivity index (χ1) is 7.86. The second kappa shape index (κ2) is 4.21. The number of nitrogens with one attached hydrogen (secondary N) is 1. The van der Waals surface area contributed by atoms with Crippen LogP contribution in [0.3, 0.4) is 0 Å². The largest absolute Gasteiger partial charge is 0.335 e. The van der Waals surface area contributed by atoms with Gasteiger partial charge in [-0.3, -0.25) is 0 Å². The van der Waals surface area contributed by atoms with Crippen molar-refractivity contribution in [1.29, 1.82) is 0 Å². The Kier molecular flexibility index (Phi) is 2.72. The van der Waals surface area contributed by atoms with Gasteiger partial charge >= 0.3 is 0 Å². The molecule has 0 spiro atoms. The number of hydrogen-bond donors (Lipinski definition) is 1. The van der Waals surface area contributed by atoms with E-state index in [1.165, 1.54) is 43.6 Å². The average Bonchev–Trinajstić information content (AvgIpc) is 2.60. The third kappa shape index (κ3) is 1.67. The van der Waals surface area contributed by atoms with Gasteiger partial charge in [0.1, 0.15) is 5.82 Å². The molecular weight excluding hydrogens is 198 g/mol. The first-order valence-corrected chi connectivity index (χ1v) is 6.58. The van der Waals surface area contributed by atoms with Crippen molar-refractivity contribution in [3.63, 3.8) is 0 Å². The Morgan fingerprint density at radius 3 is 2.56 bits per heavy atom. The molecule has 1 aliphatic heterocycles. The smallest absolute Gasteiger partial charge is 0.111 e. The highest BCUT2D eigenvalue weighted by Crippen LogP contribution is 2.37. The normalized spacial score (nSPS) is 23.3. The van der Waals surface area contributed by atoms with Crippen molar-refractivity contribution in [2.24, 2.45) is 7.05 Å². The summed E-state index contributed by atoms with van der Waals surface area (Å²) in [6.07, 6.45) is 8.75. The Morgan fingerprint density at radius 1 is 1.19 bits per heavy atom. The van der Waals surface area contributed by atoms with Crippen LogP contribution in [0.1, 0.15) is 55.5 Å². The van der Waals surface area contributed by atoms with Crippen LogP contribution in [0.25, 0.3) is 0 Å². The van der Waals surface area contributed by atoms with E-state index in [0.29, 0.717) is 5.92 Å². The maximum atomic E-state index is 4.68. The summed E-state index contributed by atoms with van der Waals surface area (Å²) in [5.41, 5.74) is 1.47. The Hall–Kier alpha value is -0.830. The van der Waals surface area contributed by atoms with E-state index in [-0.39, 0.29) is 0 Å². The molecule has 1 aliphatic carbocycles. The maximum absolute atomic E-state index is 4.68. The van der Waals surface area contributed by atoms with Crippen molar-refractivity contribution in [2.45, 2.75) is 43.9 Å². The Bertz CT molecular complexity index is 359. The zero-order valence-electron chi connectivity index (χ0n) is 10.1. The van der Waals surface area contributed by atoms with Crippen LogP contribution in [0.5, 0.6) is 0 Å². The number of aromatic nitrogens is 2. The highest BCUT2D eigenvalue weighted by Gasteiger charge is 2.26. The lowest BCUT2D eigenvalue weighted by Gasteiger charge is -2.27. The lowest BCUT2D eigenvalue weighted by molar-refractivity contribution is 0.393. The predicted molar refractivity (Wildman–Crippen MR) is 64.6 cm³/mol. The SMILES string of the molecule is Cn1c(C2CCC2)cnc1C1CCNCC1. The molecule has 0 aromatic carbocycles. The lowest BCUT2D eigenvalue weighted by Crippen LogP contribution is -2.28. The highest BCUT2D eigenvalue weighted by atomic mass is 15.1. The summed E-state index contributed by atoms with van der Waals surface area (Å²) in [6.45, 7) is 2.30. The van der Waals surface area contributed by atoms with E-state index in [0.717, 1.165) is 19.0 Å². The van der Waals surface area contributed by atoms with Gasteiger partial charge in [0.25, 0.3) is 0 Å². The molecule has 2 aliphatic rings. The fourth-order valence-corrected chi connectivity index (χ4v) is 2.98. The molecule has 16 heavy (non-hydrogen) atoms. The van der Waals surface area contributed by atoms with Crippen LogP contribution in [-0.2, 0) is 7.05 Å². The van der Waals surface area contributed by atoms with E-state index < -0.39 is 0 Å². The standard InChI is InChI=1S/C13H21N3/c1-16-12(10-3-2-4-10)9-15-13(16)11-5-7-14-8-6-11/h9-11,14H,2-8H2,1H3. The van der Waals surface area contributed by atoms with Gasteiger partial charge in [-0.05, 0) is 38.8 Å². The molecule has 2 heterocycles. The van der Waals surface area contributed by atoms with Gasteiger partial charge in [0, 0.05) is 30.8 Å². The van der Waals surface area contributed by atoms with Gasteiger partial charge in [-0.1, -0.05) is 6.42 Å². The van der Waals surface area contributed by atoms with Gasteiger partial charge in [0.15, 0.2) is 0 Å². The van der Waals surface area contributed by atoms with Gasteiger partial charge in [0.2, 0.25) is 0 Å². The molecule has 0 unspecified atom stereocenters. The topological polar surface area (TPSA) is 29.9 Å². The van der Waals surface area contributed by atoms with Crippen LogP contribution in [0.4, 0.5) is 0 Å². The molecule has 0 radical (unpaired) electrons. The maximum Gasteiger partial charge on any atom is 0.111 e. The number of nitrogens with zero attached hydrogens (tertiary/aromatic N) is 2. The van der Waals surface area contributed by atoms with E-state index in [4.69, 9.17) is 0 Å². The zero-order chi connectivity index (χ0) is 11.0. The number of hydrogen-bond acceptors (Lipinski definition) is 2. The zero-order valence-corrected chi connectivity index (χ0v) is 10.1. The Balaban J connectivity index is 1.81. The van der Waals surface area contributed by atoms with Crippen LogP contribution in [0.2, 0.25) is 0 Å². The summed E-state index contributed by atoms with van der Waals surface area (Å²) in [5, 5.41) is 3.42. The van der Waals surface area contributed by atoms with Gasteiger partial charge in [-0.2, -0.15) is 0 Å². The van der Waals surface area contributed by atoms with Crippen molar-refractivity contribution in [3.8, 4) is 0 Å². The van der Waals surface area contributed by atoms with Crippen molar-refractivity contribution in [3.05, 3.63) is 17.7 Å². The van der Waals surface area contributed by atoms with Gasteiger partial charge in [-0.15, -0.1) is 0 Å². The molecule has 0 amide bonds. The van der Waals surface area contributed by atoms with Gasteiger partial charge in [0.05, 0.1) is 0 Å². The molecule has 1 aromatic rings. The quantitative estimate of drug-likeness (QED) is 0.826. The van der Waals surface area contributed by atoms with Crippen molar-refractivity contribution in [2.75, 3.05) is 13.1 Å². The van der Waals surface area contributed by atoms with Crippen LogP contribution >= 0.6 is 0 Å².